The topological polar surface area (TPSA) is 62.5 Å². The molecule has 2 heterocycles. The smallest absolute Gasteiger partial charge is 0.314 e. The van der Waals surface area contributed by atoms with Gasteiger partial charge in [-0.25, -0.2) is 14.2 Å². The van der Waals surface area contributed by atoms with Gasteiger partial charge in [-0.1, -0.05) is 11.6 Å². The zero-order valence-electron chi connectivity index (χ0n) is 15.9. The van der Waals surface area contributed by atoms with Gasteiger partial charge < -0.3 is 10.6 Å². The van der Waals surface area contributed by atoms with Crippen molar-refractivity contribution in [1.82, 2.24) is 14.8 Å². The Morgan fingerprint density at radius 1 is 1.07 bits per heavy atom. The molecule has 2 aromatic carbocycles. The Kier molecular flexibility index (Phi) is 4.96. The van der Waals surface area contributed by atoms with E-state index in [9.17, 15) is 9.18 Å². The molecule has 3 aromatic rings. The molecule has 2 amide bonds. The molecule has 2 N–H and O–H groups in total. The number of aromatic nitrogens is 1. The quantitative estimate of drug-likeness (QED) is 0.758. The second-order valence-corrected chi connectivity index (χ2v) is 7.30. The number of carbonyl (C=O) groups is 1. The highest BCUT2D eigenvalue weighted by Crippen LogP contribution is 2.28. The summed E-state index contributed by atoms with van der Waals surface area (Å²) in [6, 6.07) is 14.5. The van der Waals surface area contributed by atoms with E-state index < -0.39 is 0 Å². The van der Waals surface area contributed by atoms with Gasteiger partial charge in [0.05, 0.1) is 11.2 Å². The van der Waals surface area contributed by atoms with Crippen LogP contribution in [0.2, 0.25) is 0 Å². The number of hydrogen-bond acceptors (Lipinski definition) is 3. The van der Waals surface area contributed by atoms with Crippen LogP contribution in [0, 0.1) is 12.7 Å². The molecule has 0 radical (unpaired) electrons. The molecule has 0 saturated carbocycles. The first-order valence-corrected chi connectivity index (χ1v) is 9.42. The number of halogens is 1. The summed E-state index contributed by atoms with van der Waals surface area (Å²) in [5.41, 5.74) is 10.4. The van der Waals surface area contributed by atoms with Crippen LogP contribution in [-0.2, 0) is 6.54 Å². The van der Waals surface area contributed by atoms with Gasteiger partial charge in [-0.3, -0.25) is 4.90 Å². The molecule has 1 aromatic heterocycles. The number of hydrogen-bond donors (Lipinski definition) is 1. The van der Waals surface area contributed by atoms with E-state index in [1.807, 2.05) is 12.1 Å². The number of urea groups is 1. The SMILES string of the molecule is Cc1ccc2nc(-c3ccc(F)cc3)c(CN3CCN(C(N)=O)CC3)cc2c1. The third-order valence-electron chi connectivity index (χ3n) is 5.24. The molecular weight excluding hydrogens is 355 g/mol. The highest BCUT2D eigenvalue weighted by atomic mass is 19.1. The van der Waals surface area contributed by atoms with E-state index in [2.05, 4.69) is 24.0 Å². The minimum Gasteiger partial charge on any atom is -0.351 e. The van der Waals surface area contributed by atoms with Gasteiger partial charge in [0.2, 0.25) is 0 Å². The predicted octanol–water partition coefficient (Wildman–Crippen LogP) is 3.55. The van der Waals surface area contributed by atoms with Crippen LogP contribution in [0.25, 0.3) is 22.2 Å². The highest BCUT2D eigenvalue weighted by molar-refractivity contribution is 5.84. The number of amides is 2. The van der Waals surface area contributed by atoms with Gasteiger partial charge >= 0.3 is 6.03 Å². The molecule has 28 heavy (non-hydrogen) atoms. The van der Waals surface area contributed by atoms with E-state index in [1.54, 1.807) is 17.0 Å². The molecule has 1 fully saturated rings. The highest BCUT2D eigenvalue weighted by Gasteiger charge is 2.21. The van der Waals surface area contributed by atoms with E-state index >= 15 is 0 Å². The van der Waals surface area contributed by atoms with Crippen molar-refractivity contribution in [3.8, 4) is 11.3 Å². The standard InChI is InChI=1S/C22H23FN4O/c1-15-2-7-20-17(12-15)13-18(14-26-8-10-27(11-9-26)22(24)28)21(25-20)16-3-5-19(23)6-4-16/h2-7,12-13H,8-11,14H2,1H3,(H2,24,28). The lowest BCUT2D eigenvalue weighted by Gasteiger charge is -2.34. The molecule has 6 heteroatoms. The van der Waals surface area contributed by atoms with Gasteiger partial charge in [0.15, 0.2) is 0 Å². The largest absolute Gasteiger partial charge is 0.351 e. The predicted molar refractivity (Wildman–Crippen MR) is 108 cm³/mol. The zero-order chi connectivity index (χ0) is 19.7. The third kappa shape index (κ3) is 3.82. The van der Waals surface area contributed by atoms with Crippen molar-refractivity contribution in [1.29, 1.82) is 0 Å². The number of benzene rings is 2. The first-order chi connectivity index (χ1) is 13.5. The fraction of sp³-hybridized carbons (Fsp3) is 0.273. The Bertz CT molecular complexity index is 1010. The van der Waals surface area contributed by atoms with E-state index in [-0.39, 0.29) is 11.8 Å². The Labute approximate surface area is 163 Å². The molecule has 0 spiro atoms. The van der Waals surface area contributed by atoms with Crippen molar-refractivity contribution in [2.24, 2.45) is 5.73 Å². The molecule has 1 saturated heterocycles. The lowest BCUT2D eigenvalue weighted by atomic mass is 10.0. The molecule has 0 bridgehead atoms. The summed E-state index contributed by atoms with van der Waals surface area (Å²) in [6.45, 7) is 5.56. The normalized spacial score (nSPS) is 15.1. The molecule has 0 atom stereocenters. The lowest BCUT2D eigenvalue weighted by Crippen LogP contribution is -2.50. The van der Waals surface area contributed by atoms with E-state index in [0.717, 1.165) is 47.4 Å². The van der Waals surface area contributed by atoms with Crippen LogP contribution in [0.3, 0.4) is 0 Å². The Morgan fingerprint density at radius 2 is 1.79 bits per heavy atom. The number of primary amides is 1. The van der Waals surface area contributed by atoms with Crippen LogP contribution < -0.4 is 5.73 Å². The van der Waals surface area contributed by atoms with E-state index in [0.29, 0.717) is 13.1 Å². The molecular formula is C22H23FN4O. The summed E-state index contributed by atoms with van der Waals surface area (Å²) in [4.78, 5) is 20.2. The number of aryl methyl sites for hydroxylation is 1. The van der Waals surface area contributed by atoms with Crippen molar-refractivity contribution in [2.45, 2.75) is 13.5 Å². The van der Waals surface area contributed by atoms with E-state index in [1.165, 1.54) is 17.7 Å². The average molecular weight is 378 g/mol. The van der Waals surface area contributed by atoms with Gasteiger partial charge in [0.1, 0.15) is 5.82 Å². The average Bonchev–Trinajstić information content (AvgIpc) is 2.68. The number of carbonyl (C=O) groups excluding carboxylic acids is 1. The number of rotatable bonds is 3. The minimum absolute atomic E-state index is 0.260. The molecule has 5 nitrogen and oxygen atoms in total. The van der Waals surface area contributed by atoms with Crippen molar-refractivity contribution in [3.05, 3.63) is 65.5 Å². The van der Waals surface area contributed by atoms with E-state index in [4.69, 9.17) is 10.7 Å². The Hall–Kier alpha value is -2.99. The maximum Gasteiger partial charge on any atom is 0.314 e. The second-order valence-electron chi connectivity index (χ2n) is 7.30. The zero-order valence-corrected chi connectivity index (χ0v) is 15.9. The Balaban J connectivity index is 1.69. The van der Waals surface area contributed by atoms with Crippen LogP contribution in [-0.4, -0.2) is 47.0 Å². The van der Waals surface area contributed by atoms with Crippen LogP contribution >= 0.6 is 0 Å². The van der Waals surface area contributed by atoms with Gasteiger partial charge in [-0.15, -0.1) is 0 Å². The summed E-state index contributed by atoms with van der Waals surface area (Å²) >= 11 is 0. The lowest BCUT2D eigenvalue weighted by molar-refractivity contribution is 0.140. The first kappa shape index (κ1) is 18.4. The van der Waals surface area contributed by atoms with Gasteiger partial charge in [-0.05, 0) is 55.0 Å². The van der Waals surface area contributed by atoms with Gasteiger partial charge in [-0.2, -0.15) is 0 Å². The van der Waals surface area contributed by atoms with Crippen molar-refractivity contribution < 1.29 is 9.18 Å². The summed E-state index contributed by atoms with van der Waals surface area (Å²) in [5.74, 6) is -0.260. The fourth-order valence-corrected chi connectivity index (χ4v) is 3.69. The third-order valence-corrected chi connectivity index (χ3v) is 5.24. The molecule has 144 valence electrons. The van der Waals surface area contributed by atoms with Crippen LogP contribution in [0.15, 0.2) is 48.5 Å². The first-order valence-electron chi connectivity index (χ1n) is 9.42. The second kappa shape index (κ2) is 7.56. The molecule has 4 rings (SSSR count). The maximum absolute atomic E-state index is 13.4. The summed E-state index contributed by atoms with van der Waals surface area (Å²) in [7, 11) is 0. The summed E-state index contributed by atoms with van der Waals surface area (Å²) < 4.78 is 13.4. The van der Waals surface area contributed by atoms with Crippen LogP contribution in [0.4, 0.5) is 9.18 Å². The number of nitrogens with two attached hydrogens (primary N) is 1. The van der Waals surface area contributed by atoms with Crippen molar-refractivity contribution in [3.63, 3.8) is 0 Å². The van der Waals surface area contributed by atoms with Gasteiger partial charge in [0, 0.05) is 43.7 Å². The monoisotopic (exact) mass is 378 g/mol. The van der Waals surface area contributed by atoms with Crippen LogP contribution in [0.5, 0.6) is 0 Å². The maximum atomic E-state index is 13.4. The minimum atomic E-state index is -0.366. The number of piperazine rings is 1. The Morgan fingerprint density at radius 3 is 2.46 bits per heavy atom. The number of nitrogens with zero attached hydrogens (tertiary/aromatic N) is 3. The number of fused-ring (bicyclic) bond motifs is 1. The van der Waals surface area contributed by atoms with Crippen LogP contribution in [0.1, 0.15) is 11.1 Å². The molecule has 1 aliphatic heterocycles. The fourth-order valence-electron chi connectivity index (χ4n) is 3.69. The van der Waals surface area contributed by atoms with Crippen molar-refractivity contribution in [2.75, 3.05) is 26.2 Å². The molecule has 0 unspecified atom stereocenters. The van der Waals surface area contributed by atoms with Crippen molar-refractivity contribution >= 4 is 16.9 Å². The molecule has 1 aliphatic rings. The number of pyridine rings is 1. The molecule has 0 aliphatic carbocycles. The van der Waals surface area contributed by atoms with Gasteiger partial charge in [0.25, 0.3) is 0 Å². The summed E-state index contributed by atoms with van der Waals surface area (Å²) in [5, 5.41) is 1.09. The summed E-state index contributed by atoms with van der Waals surface area (Å²) in [6.07, 6.45) is 0.